The second-order valence-corrected chi connectivity index (χ2v) is 4.78. The van der Waals surface area contributed by atoms with E-state index in [2.05, 4.69) is 42.2 Å². The van der Waals surface area contributed by atoms with Crippen LogP contribution in [0.5, 0.6) is 0 Å². The molecule has 0 atom stereocenters. The number of benzene rings is 3. The number of amides is 1. The Morgan fingerprint density at radius 1 is 0.895 bits per heavy atom. The Labute approximate surface area is 116 Å². The Morgan fingerprint density at radius 2 is 1.53 bits per heavy atom. The zero-order valence-electron chi connectivity index (χ0n) is 10.3. The number of carbonyl (C=O) groups excluding carboxylic acids is 1. The summed E-state index contributed by atoms with van der Waals surface area (Å²) in [7, 11) is 0. The van der Waals surface area contributed by atoms with Gasteiger partial charge in [0, 0.05) is 5.69 Å². The fraction of sp³-hybridized carbons (Fsp3) is 0.0625. The van der Waals surface area contributed by atoms with Gasteiger partial charge in [-0.15, -0.1) is 0 Å². The summed E-state index contributed by atoms with van der Waals surface area (Å²) in [4.78, 5) is 11.3. The molecular formula is C16H13NOS. The third-order valence-corrected chi connectivity index (χ3v) is 3.42. The Hall–Kier alpha value is -2.00. The number of anilines is 1. The van der Waals surface area contributed by atoms with E-state index in [-0.39, 0.29) is 11.7 Å². The van der Waals surface area contributed by atoms with E-state index in [4.69, 9.17) is 0 Å². The Balaban J connectivity index is 2.11. The Bertz CT molecular complexity index is 767. The largest absolute Gasteiger partial charge is 0.325 e. The third kappa shape index (κ3) is 2.42. The van der Waals surface area contributed by atoms with Crippen LogP contribution in [-0.2, 0) is 4.79 Å². The van der Waals surface area contributed by atoms with Crippen LogP contribution in [-0.4, -0.2) is 11.7 Å². The zero-order chi connectivity index (χ0) is 13.2. The Kier molecular flexibility index (Phi) is 3.13. The van der Waals surface area contributed by atoms with Gasteiger partial charge >= 0.3 is 0 Å². The van der Waals surface area contributed by atoms with Crippen LogP contribution in [0.3, 0.4) is 0 Å². The van der Waals surface area contributed by atoms with Gasteiger partial charge in [-0.2, -0.15) is 12.6 Å². The van der Waals surface area contributed by atoms with Crippen molar-refractivity contribution in [3.8, 4) is 0 Å². The zero-order valence-corrected chi connectivity index (χ0v) is 11.2. The molecule has 1 amide bonds. The molecule has 2 nitrogen and oxygen atoms in total. The molecule has 19 heavy (non-hydrogen) atoms. The molecule has 0 unspecified atom stereocenters. The maximum Gasteiger partial charge on any atom is 0.234 e. The van der Waals surface area contributed by atoms with Crippen molar-refractivity contribution < 1.29 is 4.79 Å². The minimum Gasteiger partial charge on any atom is -0.325 e. The maximum absolute atomic E-state index is 11.3. The molecule has 3 rings (SSSR count). The first-order valence-electron chi connectivity index (χ1n) is 6.09. The first-order valence-corrected chi connectivity index (χ1v) is 6.73. The quantitative estimate of drug-likeness (QED) is 0.536. The lowest BCUT2D eigenvalue weighted by Gasteiger charge is -2.06. The van der Waals surface area contributed by atoms with Crippen molar-refractivity contribution in [2.24, 2.45) is 0 Å². The molecule has 94 valence electrons. The fourth-order valence-corrected chi connectivity index (χ4v) is 2.30. The van der Waals surface area contributed by atoms with Crippen LogP contribution in [0.2, 0.25) is 0 Å². The van der Waals surface area contributed by atoms with Crippen LogP contribution < -0.4 is 5.32 Å². The topological polar surface area (TPSA) is 29.1 Å². The summed E-state index contributed by atoms with van der Waals surface area (Å²) >= 11 is 3.96. The number of fused-ring (bicyclic) bond motifs is 2. The number of carbonyl (C=O) groups is 1. The van der Waals surface area contributed by atoms with Gasteiger partial charge in [0.2, 0.25) is 5.91 Å². The number of hydrogen-bond acceptors (Lipinski definition) is 2. The van der Waals surface area contributed by atoms with Gasteiger partial charge in [-0.25, -0.2) is 0 Å². The molecule has 3 heteroatoms. The van der Waals surface area contributed by atoms with Gasteiger partial charge < -0.3 is 5.32 Å². The molecule has 0 fully saturated rings. The van der Waals surface area contributed by atoms with Crippen LogP contribution in [0, 0.1) is 0 Å². The van der Waals surface area contributed by atoms with Gasteiger partial charge in [-0.3, -0.25) is 4.79 Å². The summed E-state index contributed by atoms with van der Waals surface area (Å²) in [5, 5.41) is 7.53. The van der Waals surface area contributed by atoms with E-state index in [1.165, 1.54) is 16.2 Å². The average Bonchev–Trinajstić information content (AvgIpc) is 2.45. The first kappa shape index (κ1) is 12.1. The highest BCUT2D eigenvalue weighted by atomic mass is 32.1. The number of nitrogens with one attached hydrogen (secondary N) is 1. The summed E-state index contributed by atoms with van der Waals surface area (Å²) in [5.41, 5.74) is 0.807. The van der Waals surface area contributed by atoms with Gasteiger partial charge in [-0.05, 0) is 45.8 Å². The molecule has 1 N–H and O–H groups in total. The first-order chi connectivity index (χ1) is 9.26. The lowest BCUT2D eigenvalue weighted by Crippen LogP contribution is -2.12. The molecule has 0 saturated heterocycles. The van der Waals surface area contributed by atoms with E-state index < -0.39 is 0 Å². The van der Waals surface area contributed by atoms with E-state index >= 15 is 0 Å². The van der Waals surface area contributed by atoms with Gasteiger partial charge in [0.25, 0.3) is 0 Å². The molecule has 3 aromatic rings. The smallest absolute Gasteiger partial charge is 0.234 e. The molecular weight excluding hydrogens is 254 g/mol. The molecule has 0 aromatic heterocycles. The van der Waals surface area contributed by atoms with E-state index in [0.717, 1.165) is 11.1 Å². The molecule has 3 aromatic carbocycles. The average molecular weight is 267 g/mol. The monoisotopic (exact) mass is 267 g/mol. The number of hydrogen-bond donors (Lipinski definition) is 2. The molecule has 0 heterocycles. The molecule has 0 aliphatic rings. The second kappa shape index (κ2) is 4.94. The van der Waals surface area contributed by atoms with Crippen LogP contribution in [0.25, 0.3) is 21.5 Å². The van der Waals surface area contributed by atoms with Crippen molar-refractivity contribution in [1.29, 1.82) is 0 Å². The maximum atomic E-state index is 11.3. The predicted octanol–water partition coefficient (Wildman–Crippen LogP) is 3.86. The SMILES string of the molecule is O=C(CS)Nc1ccc2cc3ccccc3cc2c1. The Morgan fingerprint density at radius 3 is 2.21 bits per heavy atom. The van der Waals surface area contributed by atoms with E-state index in [1.54, 1.807) is 0 Å². The van der Waals surface area contributed by atoms with Crippen molar-refractivity contribution in [2.75, 3.05) is 11.1 Å². The molecule has 0 bridgehead atoms. The third-order valence-electron chi connectivity index (χ3n) is 3.13. The lowest BCUT2D eigenvalue weighted by molar-refractivity contribution is -0.113. The standard InChI is InChI=1S/C16H13NOS/c18-16(10-19)17-15-6-5-13-7-11-3-1-2-4-12(11)8-14(13)9-15/h1-9,19H,10H2,(H,17,18). The van der Waals surface area contributed by atoms with E-state index in [0.29, 0.717) is 0 Å². The summed E-state index contributed by atoms with van der Waals surface area (Å²) < 4.78 is 0. The number of rotatable bonds is 2. The highest BCUT2D eigenvalue weighted by Gasteiger charge is 2.02. The van der Waals surface area contributed by atoms with Crippen LogP contribution in [0.15, 0.2) is 54.6 Å². The van der Waals surface area contributed by atoms with Crippen LogP contribution in [0.1, 0.15) is 0 Å². The van der Waals surface area contributed by atoms with Crippen molar-refractivity contribution in [1.82, 2.24) is 0 Å². The fourth-order valence-electron chi connectivity index (χ4n) is 2.22. The summed E-state index contributed by atoms with van der Waals surface area (Å²) in [5.74, 6) is 0.0962. The summed E-state index contributed by atoms with van der Waals surface area (Å²) in [6.07, 6.45) is 0. The van der Waals surface area contributed by atoms with Crippen LogP contribution >= 0.6 is 12.6 Å². The normalized spacial score (nSPS) is 10.8. The molecule has 0 spiro atoms. The molecule has 0 aliphatic heterocycles. The van der Waals surface area contributed by atoms with Crippen molar-refractivity contribution >= 4 is 45.8 Å². The highest BCUT2D eigenvalue weighted by molar-refractivity contribution is 7.81. The van der Waals surface area contributed by atoms with Crippen molar-refractivity contribution in [3.05, 3.63) is 54.6 Å². The van der Waals surface area contributed by atoms with Gasteiger partial charge in [0.1, 0.15) is 0 Å². The summed E-state index contributed by atoms with van der Waals surface area (Å²) in [6, 6.07) is 18.5. The highest BCUT2D eigenvalue weighted by Crippen LogP contribution is 2.25. The molecule has 0 saturated carbocycles. The lowest BCUT2D eigenvalue weighted by atomic mass is 10.0. The minimum absolute atomic E-state index is 0.0940. The van der Waals surface area contributed by atoms with E-state index in [1.807, 2.05) is 30.3 Å². The second-order valence-electron chi connectivity index (χ2n) is 4.47. The van der Waals surface area contributed by atoms with Crippen molar-refractivity contribution in [3.63, 3.8) is 0 Å². The molecule has 0 aliphatic carbocycles. The van der Waals surface area contributed by atoms with Crippen molar-refractivity contribution in [2.45, 2.75) is 0 Å². The van der Waals surface area contributed by atoms with Gasteiger partial charge in [0.15, 0.2) is 0 Å². The molecule has 0 radical (unpaired) electrons. The summed E-state index contributed by atoms with van der Waals surface area (Å²) in [6.45, 7) is 0. The van der Waals surface area contributed by atoms with Gasteiger partial charge in [-0.1, -0.05) is 30.3 Å². The van der Waals surface area contributed by atoms with Gasteiger partial charge in [0.05, 0.1) is 5.75 Å². The predicted molar refractivity (Wildman–Crippen MR) is 83.9 cm³/mol. The van der Waals surface area contributed by atoms with E-state index in [9.17, 15) is 4.79 Å². The van der Waals surface area contributed by atoms with Crippen LogP contribution in [0.4, 0.5) is 5.69 Å². The number of thiol groups is 1. The minimum atomic E-state index is -0.0940.